The topological polar surface area (TPSA) is 59.0 Å². The number of amides is 1. The number of piperidine rings is 1. The predicted octanol–water partition coefficient (Wildman–Crippen LogP) is 0.841. The summed E-state index contributed by atoms with van der Waals surface area (Å²) in [5.41, 5.74) is 0.797. The number of anilines is 1. The summed E-state index contributed by atoms with van der Waals surface area (Å²) < 4.78 is 1.80. The highest BCUT2D eigenvalue weighted by Gasteiger charge is 2.20. The first-order valence-electron chi connectivity index (χ1n) is 5.83. The van der Waals surface area contributed by atoms with E-state index in [9.17, 15) is 4.79 Å². The van der Waals surface area contributed by atoms with Crippen molar-refractivity contribution in [2.75, 3.05) is 18.4 Å². The van der Waals surface area contributed by atoms with E-state index in [1.807, 2.05) is 13.1 Å². The van der Waals surface area contributed by atoms with E-state index >= 15 is 0 Å². The zero-order chi connectivity index (χ0) is 11.4. The third-order valence-corrected chi connectivity index (χ3v) is 2.93. The van der Waals surface area contributed by atoms with Crippen LogP contribution in [0.15, 0.2) is 12.4 Å². The van der Waals surface area contributed by atoms with Gasteiger partial charge in [-0.3, -0.25) is 9.48 Å². The van der Waals surface area contributed by atoms with Gasteiger partial charge >= 0.3 is 0 Å². The maximum Gasteiger partial charge on any atom is 0.227 e. The Kier molecular flexibility index (Phi) is 3.56. The van der Waals surface area contributed by atoms with Crippen LogP contribution in [0.5, 0.6) is 0 Å². The van der Waals surface area contributed by atoms with Gasteiger partial charge in [0, 0.05) is 18.7 Å². The van der Waals surface area contributed by atoms with Crippen molar-refractivity contribution in [1.82, 2.24) is 15.1 Å². The normalized spacial score (nSPS) is 17.3. The van der Waals surface area contributed by atoms with E-state index < -0.39 is 0 Å². The van der Waals surface area contributed by atoms with Crippen LogP contribution in [0, 0.1) is 5.92 Å². The van der Waals surface area contributed by atoms with E-state index in [4.69, 9.17) is 0 Å². The van der Waals surface area contributed by atoms with Gasteiger partial charge in [-0.05, 0) is 32.9 Å². The summed E-state index contributed by atoms with van der Waals surface area (Å²) >= 11 is 0. The lowest BCUT2D eigenvalue weighted by Crippen LogP contribution is -2.34. The highest BCUT2D eigenvalue weighted by atomic mass is 16.1. The Morgan fingerprint density at radius 3 is 3.00 bits per heavy atom. The molecule has 0 bridgehead atoms. The van der Waals surface area contributed by atoms with Gasteiger partial charge in [-0.25, -0.2) is 0 Å². The van der Waals surface area contributed by atoms with E-state index in [0.29, 0.717) is 0 Å². The number of hydrogen-bond donors (Lipinski definition) is 2. The van der Waals surface area contributed by atoms with Gasteiger partial charge in [0.1, 0.15) is 0 Å². The number of hydrogen-bond acceptors (Lipinski definition) is 3. The summed E-state index contributed by atoms with van der Waals surface area (Å²) in [4.78, 5) is 11.9. The maximum absolute atomic E-state index is 11.9. The predicted molar refractivity (Wildman–Crippen MR) is 62.1 cm³/mol. The van der Waals surface area contributed by atoms with Gasteiger partial charge < -0.3 is 10.6 Å². The molecule has 2 rings (SSSR count). The highest BCUT2D eigenvalue weighted by molar-refractivity contribution is 5.92. The van der Waals surface area contributed by atoms with Gasteiger partial charge in [0.2, 0.25) is 5.91 Å². The van der Waals surface area contributed by atoms with Crippen molar-refractivity contribution in [3.05, 3.63) is 12.4 Å². The minimum atomic E-state index is 0.122. The van der Waals surface area contributed by atoms with Crippen LogP contribution in [0.4, 0.5) is 5.69 Å². The zero-order valence-corrected chi connectivity index (χ0v) is 9.57. The van der Waals surface area contributed by atoms with Crippen LogP contribution >= 0.6 is 0 Å². The van der Waals surface area contributed by atoms with Crippen LogP contribution in [0.25, 0.3) is 0 Å². The standard InChI is InChI=1S/C11H18N4O/c1-2-15-8-10(7-13-15)14-11(16)9-3-5-12-6-4-9/h7-9,12H,2-6H2,1H3,(H,14,16). The molecule has 0 saturated carbocycles. The van der Waals surface area contributed by atoms with Crippen molar-refractivity contribution in [1.29, 1.82) is 0 Å². The molecule has 1 aliphatic rings. The van der Waals surface area contributed by atoms with Gasteiger partial charge in [-0.15, -0.1) is 0 Å². The van der Waals surface area contributed by atoms with Gasteiger partial charge in [0.05, 0.1) is 11.9 Å². The van der Waals surface area contributed by atoms with Crippen molar-refractivity contribution >= 4 is 11.6 Å². The molecule has 0 aromatic carbocycles. The SMILES string of the molecule is CCn1cc(NC(=O)C2CCNCC2)cn1. The molecule has 2 heterocycles. The molecule has 16 heavy (non-hydrogen) atoms. The van der Waals surface area contributed by atoms with Gasteiger partial charge in [-0.1, -0.05) is 0 Å². The van der Waals surface area contributed by atoms with Crippen LogP contribution in [-0.4, -0.2) is 28.8 Å². The Bertz CT molecular complexity index is 355. The molecule has 0 unspecified atom stereocenters. The van der Waals surface area contributed by atoms with Crippen molar-refractivity contribution < 1.29 is 4.79 Å². The fraction of sp³-hybridized carbons (Fsp3) is 0.636. The molecule has 1 aliphatic heterocycles. The summed E-state index contributed by atoms with van der Waals surface area (Å²) in [5.74, 6) is 0.267. The second kappa shape index (κ2) is 5.12. The molecule has 1 aromatic heterocycles. The average molecular weight is 222 g/mol. The lowest BCUT2D eigenvalue weighted by atomic mass is 9.97. The van der Waals surface area contributed by atoms with Crippen molar-refractivity contribution in [2.45, 2.75) is 26.3 Å². The molecular weight excluding hydrogens is 204 g/mol. The summed E-state index contributed by atoms with van der Waals surface area (Å²) in [7, 11) is 0. The molecule has 5 heteroatoms. The van der Waals surface area contributed by atoms with E-state index in [0.717, 1.165) is 38.2 Å². The summed E-state index contributed by atoms with van der Waals surface area (Å²) in [6.07, 6.45) is 5.41. The lowest BCUT2D eigenvalue weighted by molar-refractivity contribution is -0.120. The quantitative estimate of drug-likeness (QED) is 0.796. The number of nitrogens with one attached hydrogen (secondary N) is 2. The number of nitrogens with zero attached hydrogens (tertiary/aromatic N) is 2. The molecule has 1 aromatic rings. The smallest absolute Gasteiger partial charge is 0.227 e. The first-order chi connectivity index (χ1) is 7.79. The molecule has 2 N–H and O–H groups in total. The Balaban J connectivity index is 1.90. The Labute approximate surface area is 95.2 Å². The van der Waals surface area contributed by atoms with Crippen LogP contribution in [-0.2, 0) is 11.3 Å². The third-order valence-electron chi connectivity index (χ3n) is 2.93. The minimum Gasteiger partial charge on any atom is -0.323 e. The highest BCUT2D eigenvalue weighted by Crippen LogP contribution is 2.14. The van der Waals surface area contributed by atoms with Crippen LogP contribution in [0.2, 0.25) is 0 Å². The van der Waals surface area contributed by atoms with E-state index in [1.165, 1.54) is 0 Å². The van der Waals surface area contributed by atoms with E-state index in [1.54, 1.807) is 10.9 Å². The third kappa shape index (κ3) is 2.61. The van der Waals surface area contributed by atoms with Crippen molar-refractivity contribution in [2.24, 2.45) is 5.92 Å². The molecule has 0 aliphatic carbocycles. The Hall–Kier alpha value is -1.36. The first-order valence-corrected chi connectivity index (χ1v) is 5.83. The molecule has 1 amide bonds. The first kappa shape index (κ1) is 11.1. The minimum absolute atomic E-state index is 0.122. The molecule has 0 spiro atoms. The Morgan fingerprint density at radius 2 is 2.38 bits per heavy atom. The van der Waals surface area contributed by atoms with Crippen molar-refractivity contribution in [3.63, 3.8) is 0 Å². The average Bonchev–Trinajstić information content (AvgIpc) is 2.78. The molecule has 1 fully saturated rings. The Morgan fingerprint density at radius 1 is 1.62 bits per heavy atom. The second-order valence-electron chi connectivity index (χ2n) is 4.10. The molecule has 0 atom stereocenters. The summed E-state index contributed by atoms with van der Waals surface area (Å²) in [6.45, 7) is 4.72. The van der Waals surface area contributed by atoms with Gasteiger partial charge in [-0.2, -0.15) is 5.10 Å². The number of aromatic nitrogens is 2. The lowest BCUT2D eigenvalue weighted by Gasteiger charge is -2.21. The van der Waals surface area contributed by atoms with Crippen LogP contribution < -0.4 is 10.6 Å². The second-order valence-corrected chi connectivity index (χ2v) is 4.10. The molecule has 1 saturated heterocycles. The summed E-state index contributed by atoms with van der Waals surface area (Å²) in [6, 6.07) is 0. The molecule has 88 valence electrons. The summed E-state index contributed by atoms with van der Waals surface area (Å²) in [5, 5.41) is 10.3. The van der Waals surface area contributed by atoms with Crippen molar-refractivity contribution in [3.8, 4) is 0 Å². The number of aryl methyl sites for hydroxylation is 1. The number of carbonyl (C=O) groups is 1. The fourth-order valence-electron chi connectivity index (χ4n) is 1.93. The number of carbonyl (C=O) groups excluding carboxylic acids is 1. The molecule has 0 radical (unpaired) electrons. The van der Waals surface area contributed by atoms with E-state index in [2.05, 4.69) is 15.7 Å². The number of rotatable bonds is 3. The monoisotopic (exact) mass is 222 g/mol. The fourth-order valence-corrected chi connectivity index (χ4v) is 1.93. The van der Waals surface area contributed by atoms with Gasteiger partial charge in [0.25, 0.3) is 0 Å². The maximum atomic E-state index is 11.9. The molecular formula is C11H18N4O. The van der Waals surface area contributed by atoms with E-state index in [-0.39, 0.29) is 11.8 Å². The molecule has 5 nitrogen and oxygen atoms in total. The zero-order valence-electron chi connectivity index (χ0n) is 9.57. The largest absolute Gasteiger partial charge is 0.323 e. The van der Waals surface area contributed by atoms with Gasteiger partial charge in [0.15, 0.2) is 0 Å². The van der Waals surface area contributed by atoms with Crippen LogP contribution in [0.1, 0.15) is 19.8 Å². The van der Waals surface area contributed by atoms with Crippen LogP contribution in [0.3, 0.4) is 0 Å².